The molecule has 4 rings (SSSR count). The molecule has 2 amide bonds. The Hall–Kier alpha value is -1.21. The van der Waals surface area contributed by atoms with Gasteiger partial charge in [-0.3, -0.25) is 10.2 Å². The van der Waals surface area contributed by atoms with Gasteiger partial charge in [0.15, 0.2) is 0 Å². The second-order valence-electron chi connectivity index (χ2n) is 6.31. The van der Waals surface area contributed by atoms with Gasteiger partial charge in [0, 0.05) is 24.5 Å². The molecular formula is C14H21N5OS. The van der Waals surface area contributed by atoms with Crippen LogP contribution in [0.1, 0.15) is 49.5 Å². The van der Waals surface area contributed by atoms with Crippen LogP contribution in [0.5, 0.6) is 0 Å². The average Bonchev–Trinajstić information content (AvgIpc) is 3.12. The standard InChI is InChI=1S/C14H21N5OS/c20-13(16-14-18-17-12(21-14)9-4-5-9)15-10-6-8-19-7-2-1-3-11(10)19/h9-11H,1-8H2,(H2,15,16,18,20). The van der Waals surface area contributed by atoms with Gasteiger partial charge in [-0.1, -0.05) is 17.8 Å². The maximum atomic E-state index is 12.1. The Bertz CT molecular complexity index is 529. The molecule has 7 heteroatoms. The van der Waals surface area contributed by atoms with Crippen LogP contribution in [0.15, 0.2) is 0 Å². The Morgan fingerprint density at radius 1 is 1.14 bits per heavy atom. The second-order valence-corrected chi connectivity index (χ2v) is 7.32. The number of carbonyl (C=O) groups excluding carboxylic acids is 1. The van der Waals surface area contributed by atoms with Crippen molar-refractivity contribution in [3.05, 3.63) is 5.01 Å². The number of amides is 2. The fourth-order valence-electron chi connectivity index (χ4n) is 3.50. The molecule has 2 aliphatic heterocycles. The van der Waals surface area contributed by atoms with Crippen LogP contribution < -0.4 is 10.6 Å². The number of rotatable bonds is 3. The zero-order valence-electron chi connectivity index (χ0n) is 12.0. The van der Waals surface area contributed by atoms with Crippen molar-refractivity contribution in [2.24, 2.45) is 0 Å². The van der Waals surface area contributed by atoms with E-state index in [1.165, 1.54) is 50.0 Å². The molecule has 1 aliphatic carbocycles. The van der Waals surface area contributed by atoms with Crippen molar-refractivity contribution in [2.45, 2.75) is 56.5 Å². The minimum atomic E-state index is -0.133. The van der Waals surface area contributed by atoms with Crippen molar-refractivity contribution in [3.8, 4) is 0 Å². The van der Waals surface area contributed by atoms with Gasteiger partial charge in [0.25, 0.3) is 0 Å². The predicted octanol–water partition coefficient (Wildman–Crippen LogP) is 2.16. The van der Waals surface area contributed by atoms with Gasteiger partial charge in [-0.15, -0.1) is 10.2 Å². The van der Waals surface area contributed by atoms with Crippen LogP contribution in [-0.2, 0) is 0 Å². The van der Waals surface area contributed by atoms with E-state index in [4.69, 9.17) is 0 Å². The maximum Gasteiger partial charge on any atom is 0.321 e. The van der Waals surface area contributed by atoms with Gasteiger partial charge in [0.05, 0.1) is 0 Å². The molecule has 2 N–H and O–H groups in total. The average molecular weight is 307 g/mol. The van der Waals surface area contributed by atoms with Crippen LogP contribution in [0.4, 0.5) is 9.93 Å². The zero-order chi connectivity index (χ0) is 14.2. The summed E-state index contributed by atoms with van der Waals surface area (Å²) in [5.74, 6) is 0.590. The van der Waals surface area contributed by atoms with Crippen LogP contribution in [0.3, 0.4) is 0 Å². The minimum absolute atomic E-state index is 0.133. The summed E-state index contributed by atoms with van der Waals surface area (Å²) < 4.78 is 0. The van der Waals surface area contributed by atoms with E-state index in [9.17, 15) is 4.79 Å². The Morgan fingerprint density at radius 2 is 2.05 bits per heavy atom. The van der Waals surface area contributed by atoms with Gasteiger partial charge in [-0.05, 0) is 38.6 Å². The molecule has 0 spiro atoms. The third-order valence-electron chi connectivity index (χ3n) is 4.76. The van der Waals surface area contributed by atoms with Gasteiger partial charge in [0.1, 0.15) is 5.01 Å². The molecule has 3 fully saturated rings. The molecule has 2 saturated heterocycles. The molecule has 1 saturated carbocycles. The first-order valence-electron chi connectivity index (χ1n) is 7.94. The van der Waals surface area contributed by atoms with Crippen LogP contribution in [0.2, 0.25) is 0 Å². The maximum absolute atomic E-state index is 12.1. The van der Waals surface area contributed by atoms with Gasteiger partial charge < -0.3 is 5.32 Å². The van der Waals surface area contributed by atoms with Gasteiger partial charge in [-0.25, -0.2) is 4.79 Å². The van der Waals surface area contributed by atoms with Crippen LogP contribution in [0, 0.1) is 0 Å². The van der Waals surface area contributed by atoms with Crippen molar-refractivity contribution in [1.82, 2.24) is 20.4 Å². The minimum Gasteiger partial charge on any atom is -0.333 e. The lowest BCUT2D eigenvalue weighted by Crippen LogP contribution is -2.47. The first kappa shape index (κ1) is 13.5. The SMILES string of the molecule is O=C(Nc1nnc(C2CC2)s1)NC1CCN2CCCCC12. The molecule has 1 aromatic heterocycles. The predicted molar refractivity (Wildman–Crippen MR) is 81.7 cm³/mol. The number of nitrogens with zero attached hydrogens (tertiary/aromatic N) is 3. The van der Waals surface area contributed by atoms with Crippen molar-refractivity contribution in [2.75, 3.05) is 18.4 Å². The molecule has 3 heterocycles. The second kappa shape index (κ2) is 5.53. The zero-order valence-corrected chi connectivity index (χ0v) is 12.9. The summed E-state index contributed by atoms with van der Waals surface area (Å²) in [5.41, 5.74) is 0. The van der Waals surface area contributed by atoms with Crippen LogP contribution in [0.25, 0.3) is 0 Å². The monoisotopic (exact) mass is 307 g/mol. The number of urea groups is 1. The summed E-state index contributed by atoms with van der Waals surface area (Å²) in [6, 6.07) is 0.674. The normalized spacial score (nSPS) is 29.1. The number of aromatic nitrogens is 2. The number of hydrogen-bond acceptors (Lipinski definition) is 5. The number of nitrogens with one attached hydrogen (secondary N) is 2. The quantitative estimate of drug-likeness (QED) is 0.898. The van der Waals surface area contributed by atoms with Gasteiger partial charge in [-0.2, -0.15) is 0 Å². The molecule has 3 aliphatic rings. The Kier molecular flexibility index (Phi) is 3.54. The molecule has 0 bridgehead atoms. The third kappa shape index (κ3) is 2.89. The van der Waals surface area contributed by atoms with E-state index in [1.54, 1.807) is 0 Å². The topological polar surface area (TPSA) is 70.1 Å². The fraction of sp³-hybridized carbons (Fsp3) is 0.786. The lowest BCUT2D eigenvalue weighted by molar-refractivity contribution is 0.180. The van der Waals surface area contributed by atoms with Crippen molar-refractivity contribution in [3.63, 3.8) is 0 Å². The molecule has 0 radical (unpaired) electrons. The molecule has 1 aromatic rings. The van der Waals surface area contributed by atoms with Crippen molar-refractivity contribution in [1.29, 1.82) is 0 Å². The van der Waals surface area contributed by atoms with E-state index in [1.807, 2.05) is 0 Å². The fourth-order valence-corrected chi connectivity index (χ4v) is 4.41. The number of piperidine rings is 1. The highest BCUT2D eigenvalue weighted by molar-refractivity contribution is 7.15. The molecule has 6 nitrogen and oxygen atoms in total. The Morgan fingerprint density at radius 3 is 2.90 bits per heavy atom. The van der Waals surface area contributed by atoms with Gasteiger partial charge >= 0.3 is 6.03 Å². The Labute approximate surface area is 128 Å². The van der Waals surface area contributed by atoms with Crippen molar-refractivity contribution >= 4 is 22.5 Å². The van der Waals surface area contributed by atoms with E-state index < -0.39 is 0 Å². The molecule has 21 heavy (non-hydrogen) atoms. The first-order valence-corrected chi connectivity index (χ1v) is 8.76. The van der Waals surface area contributed by atoms with Crippen LogP contribution in [-0.4, -0.2) is 46.3 Å². The van der Waals surface area contributed by atoms with Crippen molar-refractivity contribution < 1.29 is 4.79 Å². The summed E-state index contributed by atoms with van der Waals surface area (Å²) in [6.45, 7) is 2.30. The Balaban J connectivity index is 1.32. The van der Waals surface area contributed by atoms with E-state index in [0.717, 1.165) is 18.0 Å². The highest BCUT2D eigenvalue weighted by Gasteiger charge is 2.36. The lowest BCUT2D eigenvalue weighted by atomic mass is 9.99. The summed E-state index contributed by atoms with van der Waals surface area (Å²) >= 11 is 1.51. The summed E-state index contributed by atoms with van der Waals surface area (Å²) in [4.78, 5) is 14.7. The number of anilines is 1. The third-order valence-corrected chi connectivity index (χ3v) is 5.76. The number of fused-ring (bicyclic) bond motifs is 1. The molecule has 2 atom stereocenters. The molecular weight excluding hydrogens is 286 g/mol. The van der Waals surface area contributed by atoms with E-state index >= 15 is 0 Å². The summed E-state index contributed by atoms with van der Waals surface area (Å²) in [6.07, 6.45) is 7.25. The summed E-state index contributed by atoms with van der Waals surface area (Å²) in [7, 11) is 0. The van der Waals surface area contributed by atoms with E-state index in [2.05, 4.69) is 25.7 Å². The smallest absolute Gasteiger partial charge is 0.321 e. The number of hydrogen-bond donors (Lipinski definition) is 2. The molecule has 0 aromatic carbocycles. The lowest BCUT2D eigenvalue weighted by Gasteiger charge is -2.32. The highest BCUT2D eigenvalue weighted by Crippen LogP contribution is 2.42. The molecule has 114 valence electrons. The van der Waals surface area contributed by atoms with E-state index in [-0.39, 0.29) is 12.1 Å². The highest BCUT2D eigenvalue weighted by atomic mass is 32.1. The van der Waals surface area contributed by atoms with Gasteiger partial charge in [0.2, 0.25) is 5.13 Å². The van der Waals surface area contributed by atoms with Crippen LogP contribution >= 0.6 is 11.3 Å². The first-order chi connectivity index (χ1) is 10.3. The number of carbonyl (C=O) groups is 1. The molecule has 2 unspecified atom stereocenters. The summed E-state index contributed by atoms with van der Waals surface area (Å²) in [5, 5.41) is 15.9. The largest absolute Gasteiger partial charge is 0.333 e. The van der Waals surface area contributed by atoms with E-state index in [0.29, 0.717) is 17.1 Å².